The lowest BCUT2D eigenvalue weighted by Gasteiger charge is -2.07. The Labute approximate surface area is 86.1 Å². The zero-order chi connectivity index (χ0) is 11.8. The van der Waals surface area contributed by atoms with Gasteiger partial charge in [-0.05, 0) is 12.1 Å². The van der Waals surface area contributed by atoms with Gasteiger partial charge in [0.05, 0.1) is 0 Å². The summed E-state index contributed by atoms with van der Waals surface area (Å²) in [6, 6.07) is 2.69. The number of rotatable bonds is 2. The van der Waals surface area contributed by atoms with Crippen LogP contribution in [0.2, 0.25) is 0 Å². The summed E-state index contributed by atoms with van der Waals surface area (Å²) < 4.78 is 36.6. The predicted molar refractivity (Wildman–Crippen MR) is 48.2 cm³/mol. The number of anilines is 1. The van der Waals surface area contributed by atoms with Crippen molar-refractivity contribution in [1.29, 1.82) is 0 Å². The number of hydrogen-bond donors (Lipinski definition) is 2. The molecular formula is C7H6F3N5O. The molecule has 0 atom stereocenters. The van der Waals surface area contributed by atoms with Gasteiger partial charge < -0.3 is 5.32 Å². The number of halogens is 3. The Bertz CT molecular complexity index is 557. The molecule has 2 N–H and O–H groups in total. The normalized spacial score (nSPS) is 11.9. The number of nitrogens with one attached hydrogen (secondary N) is 2. The van der Waals surface area contributed by atoms with E-state index < -0.39 is 18.4 Å². The summed E-state index contributed by atoms with van der Waals surface area (Å²) in [5.74, 6) is -0.0478. The van der Waals surface area contributed by atoms with E-state index in [0.29, 0.717) is 0 Å². The minimum absolute atomic E-state index is 0.0478. The zero-order valence-electron chi connectivity index (χ0n) is 7.75. The summed E-state index contributed by atoms with van der Waals surface area (Å²) in [6.07, 6.45) is -4.34. The molecule has 0 spiro atoms. The molecule has 0 aliphatic carbocycles. The molecule has 86 valence electrons. The fourth-order valence-corrected chi connectivity index (χ4v) is 1.09. The zero-order valence-corrected chi connectivity index (χ0v) is 7.75. The fourth-order valence-electron chi connectivity index (χ4n) is 1.09. The minimum atomic E-state index is -4.34. The van der Waals surface area contributed by atoms with Crippen molar-refractivity contribution in [3.8, 4) is 0 Å². The van der Waals surface area contributed by atoms with E-state index in [-0.39, 0.29) is 11.5 Å². The summed E-state index contributed by atoms with van der Waals surface area (Å²) in [7, 11) is 0. The van der Waals surface area contributed by atoms with Gasteiger partial charge in [0.1, 0.15) is 12.4 Å². The smallest absolute Gasteiger partial charge is 0.360 e. The molecule has 2 heterocycles. The number of alkyl halides is 3. The van der Waals surface area contributed by atoms with E-state index in [4.69, 9.17) is 0 Å². The molecule has 0 saturated carbocycles. The van der Waals surface area contributed by atoms with Crippen molar-refractivity contribution in [2.24, 2.45) is 0 Å². The Morgan fingerprint density at radius 1 is 1.44 bits per heavy atom. The number of H-pyrrole nitrogens is 1. The Morgan fingerprint density at radius 3 is 2.88 bits per heavy atom. The highest BCUT2D eigenvalue weighted by Crippen LogP contribution is 2.15. The van der Waals surface area contributed by atoms with Gasteiger partial charge in [0.15, 0.2) is 5.65 Å². The lowest BCUT2D eigenvalue weighted by Crippen LogP contribution is -2.23. The van der Waals surface area contributed by atoms with Crippen LogP contribution in [0.25, 0.3) is 5.65 Å². The molecular weight excluding hydrogens is 227 g/mol. The van der Waals surface area contributed by atoms with E-state index in [9.17, 15) is 18.0 Å². The van der Waals surface area contributed by atoms with Gasteiger partial charge in [-0.25, -0.2) is 9.89 Å². The third-order valence-corrected chi connectivity index (χ3v) is 1.74. The SMILES string of the molecule is O=c1[nH]nc2ccc(NCC(F)(F)F)nn12. The second-order valence-corrected chi connectivity index (χ2v) is 2.99. The van der Waals surface area contributed by atoms with E-state index in [2.05, 4.69) is 20.6 Å². The Kier molecular flexibility index (Phi) is 2.29. The number of fused-ring (bicyclic) bond motifs is 1. The molecule has 0 saturated heterocycles. The Hall–Kier alpha value is -2.06. The van der Waals surface area contributed by atoms with Crippen molar-refractivity contribution in [3.05, 3.63) is 22.6 Å². The molecule has 6 nitrogen and oxygen atoms in total. The summed E-state index contributed by atoms with van der Waals surface area (Å²) >= 11 is 0. The molecule has 2 aromatic heterocycles. The van der Waals surface area contributed by atoms with Crippen LogP contribution in [0, 0.1) is 0 Å². The van der Waals surface area contributed by atoms with Crippen molar-refractivity contribution in [2.45, 2.75) is 6.18 Å². The lowest BCUT2D eigenvalue weighted by atomic mass is 10.5. The predicted octanol–water partition coefficient (Wildman–Crippen LogP) is 0.392. The van der Waals surface area contributed by atoms with Crippen LogP contribution in [0.1, 0.15) is 0 Å². The summed E-state index contributed by atoms with van der Waals surface area (Å²) in [4.78, 5) is 11.1. The molecule has 2 aromatic rings. The van der Waals surface area contributed by atoms with Gasteiger partial charge in [-0.3, -0.25) is 0 Å². The standard InChI is InChI=1S/C7H6F3N5O/c8-7(9,10)3-11-4-1-2-5-12-13-6(16)15(5)14-4/h1-2H,3H2,(H,11,14)(H,13,16). The molecule has 0 aromatic carbocycles. The minimum Gasteiger partial charge on any atom is -0.360 e. The molecule has 0 fully saturated rings. The fraction of sp³-hybridized carbons (Fsp3) is 0.286. The van der Waals surface area contributed by atoms with Gasteiger partial charge in [-0.2, -0.15) is 22.8 Å². The monoisotopic (exact) mass is 233 g/mol. The summed E-state index contributed by atoms with van der Waals surface area (Å²) in [6.45, 7) is -1.21. The maximum absolute atomic E-state index is 11.9. The van der Waals surface area contributed by atoms with Gasteiger partial charge in [0.25, 0.3) is 0 Å². The quantitative estimate of drug-likeness (QED) is 0.786. The highest BCUT2D eigenvalue weighted by molar-refractivity contribution is 5.42. The first-order valence-electron chi connectivity index (χ1n) is 4.21. The summed E-state index contributed by atoms with van der Waals surface area (Å²) in [5.41, 5.74) is -0.367. The second kappa shape index (κ2) is 3.51. The molecule has 0 amide bonds. The number of aromatic nitrogens is 4. The van der Waals surface area contributed by atoms with E-state index in [1.54, 1.807) is 0 Å². The van der Waals surface area contributed by atoms with E-state index in [1.807, 2.05) is 0 Å². The third-order valence-electron chi connectivity index (χ3n) is 1.74. The van der Waals surface area contributed by atoms with Crippen molar-refractivity contribution >= 4 is 11.5 Å². The molecule has 0 radical (unpaired) electrons. The van der Waals surface area contributed by atoms with Crippen LogP contribution < -0.4 is 11.0 Å². The molecule has 0 aliphatic rings. The first-order valence-corrected chi connectivity index (χ1v) is 4.21. The van der Waals surface area contributed by atoms with Gasteiger partial charge in [-0.15, -0.1) is 5.10 Å². The van der Waals surface area contributed by atoms with Crippen LogP contribution in [0.3, 0.4) is 0 Å². The Morgan fingerprint density at radius 2 is 2.19 bits per heavy atom. The largest absolute Gasteiger partial charge is 0.405 e. The van der Waals surface area contributed by atoms with E-state index in [0.717, 1.165) is 4.52 Å². The Balaban J connectivity index is 2.26. The van der Waals surface area contributed by atoms with E-state index in [1.165, 1.54) is 12.1 Å². The average Bonchev–Trinajstić information content (AvgIpc) is 2.56. The van der Waals surface area contributed by atoms with Crippen molar-refractivity contribution < 1.29 is 13.2 Å². The lowest BCUT2D eigenvalue weighted by molar-refractivity contribution is -0.115. The maximum Gasteiger partial charge on any atom is 0.405 e. The molecule has 0 bridgehead atoms. The van der Waals surface area contributed by atoms with Crippen molar-refractivity contribution in [2.75, 3.05) is 11.9 Å². The number of aromatic amines is 1. The van der Waals surface area contributed by atoms with Crippen LogP contribution in [0.5, 0.6) is 0 Å². The first-order chi connectivity index (χ1) is 7.46. The van der Waals surface area contributed by atoms with Crippen molar-refractivity contribution in [3.63, 3.8) is 0 Å². The third kappa shape index (κ3) is 2.12. The van der Waals surface area contributed by atoms with Crippen LogP contribution in [-0.2, 0) is 0 Å². The molecule has 0 aliphatic heterocycles. The van der Waals surface area contributed by atoms with Gasteiger partial charge >= 0.3 is 11.9 Å². The molecule has 16 heavy (non-hydrogen) atoms. The van der Waals surface area contributed by atoms with Crippen LogP contribution >= 0.6 is 0 Å². The number of hydrogen-bond acceptors (Lipinski definition) is 4. The maximum atomic E-state index is 11.9. The van der Waals surface area contributed by atoms with E-state index >= 15 is 0 Å². The number of nitrogens with zero attached hydrogens (tertiary/aromatic N) is 3. The van der Waals surface area contributed by atoms with Crippen LogP contribution in [-0.4, -0.2) is 32.5 Å². The topological polar surface area (TPSA) is 75.1 Å². The second-order valence-electron chi connectivity index (χ2n) is 2.99. The van der Waals surface area contributed by atoms with Crippen LogP contribution in [0.4, 0.5) is 19.0 Å². The van der Waals surface area contributed by atoms with Gasteiger partial charge in [0.2, 0.25) is 0 Å². The molecule has 0 unspecified atom stereocenters. The summed E-state index contributed by atoms with van der Waals surface area (Å²) in [5, 5.41) is 11.4. The molecule has 2 rings (SSSR count). The van der Waals surface area contributed by atoms with Crippen molar-refractivity contribution in [1.82, 2.24) is 19.8 Å². The van der Waals surface area contributed by atoms with Crippen LogP contribution in [0.15, 0.2) is 16.9 Å². The highest BCUT2D eigenvalue weighted by atomic mass is 19.4. The van der Waals surface area contributed by atoms with Gasteiger partial charge in [-0.1, -0.05) is 0 Å². The highest BCUT2D eigenvalue weighted by Gasteiger charge is 2.26. The first kappa shape index (κ1) is 10.5. The van der Waals surface area contributed by atoms with Gasteiger partial charge in [0, 0.05) is 0 Å². The molecule has 9 heteroatoms. The average molecular weight is 233 g/mol.